The topological polar surface area (TPSA) is 79.2 Å². The zero-order chi connectivity index (χ0) is 16.1. The standard InChI is InChI=1S/C17H16N4O2/c1-12-11-16(21-23-12)18-14-7-9-15(10-8-14)20-17(22)19-13-5-3-2-4-6-13/h2-11H,1H3,(H,18,21)(H2,19,20,22). The smallest absolute Gasteiger partial charge is 0.323 e. The Bertz CT molecular complexity index is 782. The third-order valence-electron chi connectivity index (χ3n) is 3.07. The first kappa shape index (κ1) is 14.6. The Morgan fingerprint density at radius 2 is 1.52 bits per heavy atom. The normalized spacial score (nSPS) is 10.1. The predicted molar refractivity (Wildman–Crippen MR) is 90.0 cm³/mol. The minimum absolute atomic E-state index is 0.288. The molecule has 3 N–H and O–H groups in total. The lowest BCUT2D eigenvalue weighted by Gasteiger charge is -2.08. The number of carbonyl (C=O) groups is 1. The molecule has 1 heterocycles. The quantitative estimate of drug-likeness (QED) is 0.668. The molecule has 0 saturated carbocycles. The summed E-state index contributed by atoms with van der Waals surface area (Å²) >= 11 is 0. The van der Waals surface area contributed by atoms with E-state index in [1.807, 2.05) is 49.4 Å². The molecule has 6 heteroatoms. The highest BCUT2D eigenvalue weighted by atomic mass is 16.5. The molecule has 0 bridgehead atoms. The van der Waals surface area contributed by atoms with Crippen LogP contribution in [0.5, 0.6) is 0 Å². The molecule has 2 aromatic carbocycles. The molecular formula is C17H16N4O2. The number of hydrogen-bond donors (Lipinski definition) is 3. The molecule has 0 atom stereocenters. The van der Waals surface area contributed by atoms with Crippen LogP contribution in [0.1, 0.15) is 5.76 Å². The van der Waals surface area contributed by atoms with Crippen molar-refractivity contribution in [2.24, 2.45) is 0 Å². The summed E-state index contributed by atoms with van der Waals surface area (Å²) in [6.45, 7) is 1.83. The molecule has 23 heavy (non-hydrogen) atoms. The van der Waals surface area contributed by atoms with Crippen LogP contribution in [0.15, 0.2) is 65.2 Å². The van der Waals surface area contributed by atoms with E-state index >= 15 is 0 Å². The largest absolute Gasteiger partial charge is 0.360 e. The second-order valence-corrected chi connectivity index (χ2v) is 4.97. The molecular weight excluding hydrogens is 292 g/mol. The number of carbonyl (C=O) groups excluding carboxylic acids is 1. The highest BCUT2D eigenvalue weighted by molar-refractivity contribution is 5.99. The molecule has 0 aliphatic rings. The number of aromatic nitrogens is 1. The van der Waals surface area contributed by atoms with Crippen molar-refractivity contribution in [1.29, 1.82) is 0 Å². The van der Waals surface area contributed by atoms with Gasteiger partial charge in [-0.2, -0.15) is 0 Å². The van der Waals surface area contributed by atoms with Gasteiger partial charge >= 0.3 is 6.03 Å². The summed E-state index contributed by atoms with van der Waals surface area (Å²) in [5, 5.41) is 12.5. The summed E-state index contributed by atoms with van der Waals surface area (Å²) in [6.07, 6.45) is 0. The molecule has 0 saturated heterocycles. The molecule has 0 fully saturated rings. The van der Waals surface area contributed by atoms with Gasteiger partial charge in [-0.15, -0.1) is 0 Å². The van der Waals surface area contributed by atoms with Crippen LogP contribution in [0.25, 0.3) is 0 Å². The third kappa shape index (κ3) is 4.10. The Kier molecular flexibility index (Phi) is 4.24. The maximum atomic E-state index is 11.9. The summed E-state index contributed by atoms with van der Waals surface area (Å²) < 4.78 is 4.99. The number of amides is 2. The summed E-state index contributed by atoms with van der Waals surface area (Å²) in [6, 6.07) is 18.1. The molecule has 3 aromatic rings. The number of rotatable bonds is 4. The number of para-hydroxylation sites is 1. The van der Waals surface area contributed by atoms with Crippen molar-refractivity contribution in [1.82, 2.24) is 5.16 Å². The zero-order valence-corrected chi connectivity index (χ0v) is 12.5. The number of urea groups is 1. The first-order chi connectivity index (χ1) is 11.2. The minimum Gasteiger partial charge on any atom is -0.360 e. The van der Waals surface area contributed by atoms with Gasteiger partial charge in [0.15, 0.2) is 5.82 Å². The van der Waals surface area contributed by atoms with Crippen molar-refractivity contribution < 1.29 is 9.32 Å². The lowest BCUT2D eigenvalue weighted by molar-refractivity contribution is 0.262. The van der Waals surface area contributed by atoms with Crippen LogP contribution in [0, 0.1) is 6.92 Å². The van der Waals surface area contributed by atoms with E-state index in [0.717, 1.165) is 17.1 Å². The molecule has 116 valence electrons. The van der Waals surface area contributed by atoms with E-state index in [2.05, 4.69) is 21.1 Å². The predicted octanol–water partition coefficient (Wildman–Crippen LogP) is 4.37. The van der Waals surface area contributed by atoms with E-state index in [9.17, 15) is 4.79 Å². The zero-order valence-electron chi connectivity index (χ0n) is 12.5. The highest BCUT2D eigenvalue weighted by Gasteiger charge is 2.04. The maximum absolute atomic E-state index is 11.9. The number of benzene rings is 2. The second kappa shape index (κ2) is 6.65. The van der Waals surface area contributed by atoms with Crippen LogP contribution in [0.3, 0.4) is 0 Å². The van der Waals surface area contributed by atoms with Gasteiger partial charge in [0.1, 0.15) is 5.76 Å². The van der Waals surface area contributed by atoms with Gasteiger partial charge in [-0.3, -0.25) is 0 Å². The molecule has 6 nitrogen and oxygen atoms in total. The monoisotopic (exact) mass is 308 g/mol. The average Bonchev–Trinajstić information content (AvgIpc) is 2.95. The maximum Gasteiger partial charge on any atom is 0.323 e. The molecule has 0 radical (unpaired) electrons. The van der Waals surface area contributed by atoms with Crippen molar-refractivity contribution in [3.63, 3.8) is 0 Å². The minimum atomic E-state index is -0.288. The van der Waals surface area contributed by atoms with E-state index in [1.54, 1.807) is 18.2 Å². The number of anilines is 4. The fraction of sp³-hybridized carbons (Fsp3) is 0.0588. The number of aryl methyl sites for hydroxylation is 1. The second-order valence-electron chi connectivity index (χ2n) is 4.97. The van der Waals surface area contributed by atoms with Crippen LogP contribution in [0.2, 0.25) is 0 Å². The molecule has 2 amide bonds. The van der Waals surface area contributed by atoms with E-state index in [1.165, 1.54) is 0 Å². The van der Waals surface area contributed by atoms with Crippen LogP contribution in [-0.2, 0) is 0 Å². The van der Waals surface area contributed by atoms with E-state index in [4.69, 9.17) is 4.52 Å². The Balaban J connectivity index is 1.57. The van der Waals surface area contributed by atoms with Gasteiger partial charge in [0.25, 0.3) is 0 Å². The van der Waals surface area contributed by atoms with Crippen LogP contribution in [0.4, 0.5) is 27.7 Å². The number of nitrogens with zero attached hydrogens (tertiary/aromatic N) is 1. The van der Waals surface area contributed by atoms with E-state index < -0.39 is 0 Å². The van der Waals surface area contributed by atoms with Crippen LogP contribution >= 0.6 is 0 Å². The van der Waals surface area contributed by atoms with Gasteiger partial charge in [0.2, 0.25) is 0 Å². The van der Waals surface area contributed by atoms with Crippen molar-refractivity contribution in [3.05, 3.63) is 66.4 Å². The molecule has 0 spiro atoms. The first-order valence-corrected chi connectivity index (χ1v) is 7.12. The van der Waals surface area contributed by atoms with Gasteiger partial charge in [-0.05, 0) is 43.3 Å². The highest BCUT2D eigenvalue weighted by Crippen LogP contribution is 2.19. The van der Waals surface area contributed by atoms with E-state index in [0.29, 0.717) is 11.5 Å². The SMILES string of the molecule is Cc1cc(Nc2ccc(NC(=O)Nc3ccccc3)cc2)no1. The Morgan fingerprint density at radius 3 is 2.13 bits per heavy atom. The third-order valence-corrected chi connectivity index (χ3v) is 3.07. The molecule has 0 aliphatic carbocycles. The van der Waals surface area contributed by atoms with Crippen molar-refractivity contribution in [2.45, 2.75) is 6.92 Å². The summed E-state index contributed by atoms with van der Waals surface area (Å²) in [5.41, 5.74) is 2.29. The van der Waals surface area contributed by atoms with Gasteiger partial charge in [-0.1, -0.05) is 23.4 Å². The molecule has 1 aromatic heterocycles. The lowest BCUT2D eigenvalue weighted by atomic mass is 10.2. The van der Waals surface area contributed by atoms with Gasteiger partial charge in [0.05, 0.1) is 0 Å². The van der Waals surface area contributed by atoms with Crippen molar-refractivity contribution in [3.8, 4) is 0 Å². The summed E-state index contributed by atoms with van der Waals surface area (Å²) in [4.78, 5) is 11.9. The Hall–Kier alpha value is -3.28. The molecule has 3 rings (SSSR count). The van der Waals surface area contributed by atoms with Gasteiger partial charge in [0, 0.05) is 23.1 Å². The first-order valence-electron chi connectivity index (χ1n) is 7.12. The number of nitrogens with one attached hydrogen (secondary N) is 3. The van der Waals surface area contributed by atoms with Crippen LogP contribution in [-0.4, -0.2) is 11.2 Å². The fourth-order valence-electron chi connectivity index (χ4n) is 2.03. The van der Waals surface area contributed by atoms with E-state index in [-0.39, 0.29) is 6.03 Å². The lowest BCUT2D eigenvalue weighted by Crippen LogP contribution is -2.19. The average molecular weight is 308 g/mol. The Labute approximate surface area is 133 Å². The van der Waals surface area contributed by atoms with Gasteiger partial charge in [-0.25, -0.2) is 4.79 Å². The molecule has 0 aliphatic heterocycles. The van der Waals surface area contributed by atoms with Gasteiger partial charge < -0.3 is 20.5 Å². The van der Waals surface area contributed by atoms with Crippen LogP contribution < -0.4 is 16.0 Å². The number of hydrogen-bond acceptors (Lipinski definition) is 4. The fourth-order valence-corrected chi connectivity index (χ4v) is 2.03. The Morgan fingerprint density at radius 1 is 0.913 bits per heavy atom. The molecule has 0 unspecified atom stereocenters. The summed E-state index contributed by atoms with van der Waals surface area (Å²) in [5.74, 6) is 1.38. The van der Waals surface area contributed by atoms with Crippen molar-refractivity contribution >= 4 is 28.9 Å². The summed E-state index contributed by atoms with van der Waals surface area (Å²) in [7, 11) is 0. The van der Waals surface area contributed by atoms with Crippen molar-refractivity contribution in [2.75, 3.05) is 16.0 Å².